The van der Waals surface area contributed by atoms with Crippen LogP contribution in [0, 0.1) is 13.8 Å². The quantitative estimate of drug-likeness (QED) is 0.587. The number of aryl methyl sites for hydroxylation is 4. The molecule has 1 amide bonds. The summed E-state index contributed by atoms with van der Waals surface area (Å²) in [5.74, 6) is -0.0599. The predicted molar refractivity (Wildman–Crippen MR) is 125 cm³/mol. The molecule has 182 valence electrons. The maximum Gasteiger partial charge on any atom is 0.416 e. The van der Waals surface area contributed by atoms with Crippen molar-refractivity contribution in [3.63, 3.8) is 0 Å². The zero-order valence-electron chi connectivity index (χ0n) is 18.9. The van der Waals surface area contributed by atoms with E-state index in [9.17, 15) is 18.0 Å². The second kappa shape index (κ2) is 9.44. The number of nitrogens with one attached hydrogen (secondary N) is 1. The van der Waals surface area contributed by atoms with Crippen LogP contribution in [0.1, 0.15) is 48.1 Å². The van der Waals surface area contributed by atoms with Crippen molar-refractivity contribution in [3.05, 3.63) is 64.2 Å². The van der Waals surface area contributed by atoms with Crippen molar-refractivity contribution < 1.29 is 18.0 Å². The molecule has 3 heterocycles. The zero-order valence-corrected chi connectivity index (χ0v) is 18.9. The molecule has 0 bridgehead atoms. The number of halogens is 3. The van der Waals surface area contributed by atoms with E-state index in [1.54, 1.807) is 17.8 Å². The van der Waals surface area contributed by atoms with Gasteiger partial charge in [0, 0.05) is 18.9 Å². The molecule has 10 heteroatoms. The van der Waals surface area contributed by atoms with Gasteiger partial charge in [0.1, 0.15) is 6.04 Å². The molecule has 1 aromatic carbocycles. The second-order valence-corrected chi connectivity index (χ2v) is 8.42. The first-order valence-corrected chi connectivity index (χ1v) is 10.6. The Morgan fingerprint density at radius 3 is 2.53 bits per heavy atom. The maximum absolute atomic E-state index is 13.0. The molecule has 0 spiro atoms. The van der Waals surface area contributed by atoms with Crippen molar-refractivity contribution in [2.75, 3.05) is 17.3 Å². The number of aromatic nitrogens is 4. The van der Waals surface area contributed by atoms with Gasteiger partial charge in [-0.25, -0.2) is 4.68 Å². The van der Waals surface area contributed by atoms with Crippen molar-refractivity contribution >= 4 is 17.3 Å². The Kier molecular flexibility index (Phi) is 6.99. The van der Waals surface area contributed by atoms with Gasteiger partial charge in [0.05, 0.1) is 34.9 Å². The number of benzene rings is 1. The predicted octanol–water partition coefficient (Wildman–Crippen LogP) is 4.56. The summed E-state index contributed by atoms with van der Waals surface area (Å²) in [4.78, 5) is 18.6. The van der Waals surface area contributed by atoms with Crippen LogP contribution in [-0.4, -0.2) is 39.0 Å². The number of likely N-dealkylation sites (N-methyl/N-ethyl adjacent to an activating group) is 1. The molecule has 0 fully saturated rings. The molecule has 1 aliphatic rings. The summed E-state index contributed by atoms with van der Waals surface area (Å²) in [6, 6.07) is 5.41. The van der Waals surface area contributed by atoms with Crippen LogP contribution in [0.2, 0.25) is 0 Å². The average molecular weight is 475 g/mol. The topological polar surface area (TPSA) is 75.9 Å². The molecule has 1 N–H and O–H groups in total. The Morgan fingerprint density at radius 2 is 1.82 bits per heavy atom. The number of carbonyl (C=O) groups excluding carboxylic acids is 1. The van der Waals surface area contributed by atoms with Gasteiger partial charge in [-0.05, 0) is 62.9 Å². The molecule has 3 aromatic rings. The third-order valence-corrected chi connectivity index (χ3v) is 6.05. The van der Waals surface area contributed by atoms with Gasteiger partial charge in [0.25, 0.3) is 0 Å². The number of rotatable bonds is 5. The van der Waals surface area contributed by atoms with Crippen LogP contribution in [0.25, 0.3) is 0 Å². The molecule has 1 atom stereocenters. The lowest BCUT2D eigenvalue weighted by molar-refractivity contribution is -0.137. The molecule has 7 nitrogen and oxygen atoms in total. The smallest absolute Gasteiger partial charge is 0.361 e. The highest BCUT2D eigenvalue weighted by atomic mass is 19.4. The molecule has 0 unspecified atom stereocenters. The highest BCUT2D eigenvalue weighted by Gasteiger charge is 2.31. The van der Waals surface area contributed by atoms with Gasteiger partial charge in [0.15, 0.2) is 0 Å². The van der Waals surface area contributed by atoms with Crippen LogP contribution in [0.15, 0.2) is 30.5 Å². The highest BCUT2D eigenvalue weighted by Crippen LogP contribution is 2.34. The molecule has 0 radical (unpaired) electrons. The van der Waals surface area contributed by atoms with Gasteiger partial charge in [-0.15, -0.1) is 5.10 Å². The van der Waals surface area contributed by atoms with E-state index in [1.165, 1.54) is 6.07 Å². The summed E-state index contributed by atoms with van der Waals surface area (Å²) in [7, 11) is 1.88. The lowest BCUT2D eigenvalue weighted by Crippen LogP contribution is -2.44. The van der Waals surface area contributed by atoms with Gasteiger partial charge in [-0.2, -0.15) is 13.2 Å². The number of nitrogens with zero attached hydrogens (tertiary/aromatic N) is 5. The van der Waals surface area contributed by atoms with E-state index >= 15 is 0 Å². The number of alkyl halides is 3. The van der Waals surface area contributed by atoms with Crippen LogP contribution in [0.5, 0.6) is 0 Å². The lowest BCUT2D eigenvalue weighted by atomic mass is 10.0. The van der Waals surface area contributed by atoms with E-state index in [0.717, 1.165) is 46.2 Å². The normalized spacial score (nSPS) is 15.6. The first kappa shape index (κ1) is 25.2. The van der Waals surface area contributed by atoms with Crippen molar-refractivity contribution in [1.29, 1.82) is 0 Å². The van der Waals surface area contributed by atoms with Crippen molar-refractivity contribution in [2.45, 2.75) is 59.8 Å². The van der Waals surface area contributed by atoms with E-state index in [0.29, 0.717) is 18.4 Å². The van der Waals surface area contributed by atoms with E-state index in [2.05, 4.69) is 20.6 Å². The number of amides is 1. The summed E-state index contributed by atoms with van der Waals surface area (Å²) in [5, 5.41) is 11.2. The SMILES string of the molecule is C.Cc1ccc(C(F)(F)F)cc1Cn1cc(CCc2cc3c(c(C)n2)NC(=O)[C@H](C)N3C)nn1. The molecule has 34 heavy (non-hydrogen) atoms. The van der Waals surface area contributed by atoms with Crippen molar-refractivity contribution in [2.24, 2.45) is 0 Å². The fourth-order valence-electron chi connectivity index (χ4n) is 3.87. The van der Waals surface area contributed by atoms with Crippen LogP contribution in [0.4, 0.5) is 24.5 Å². The average Bonchev–Trinajstić information content (AvgIpc) is 3.19. The Morgan fingerprint density at radius 1 is 1.12 bits per heavy atom. The fourth-order valence-corrected chi connectivity index (χ4v) is 3.87. The third kappa shape index (κ3) is 5.05. The molecular formula is C24H29F3N6O. The maximum atomic E-state index is 13.0. The first-order chi connectivity index (χ1) is 15.5. The van der Waals surface area contributed by atoms with E-state index in [1.807, 2.05) is 31.9 Å². The minimum Gasteiger partial charge on any atom is -0.361 e. The standard InChI is InChI=1S/C23H25F3N6O.CH4/c1-13-5-6-17(23(24,25)26)9-16(13)11-32-12-19(29-30-32)8-7-18-10-20-21(14(2)27-18)28-22(33)15(3)31(20)4;/h5-6,9-10,12,15H,7-8,11H2,1-4H3,(H,28,33);1H4/t15-;/m0./s1. The molecule has 0 aliphatic carbocycles. The number of hydrogen-bond donors (Lipinski definition) is 1. The molecule has 1 aliphatic heterocycles. The van der Waals surface area contributed by atoms with Crippen LogP contribution in [-0.2, 0) is 30.4 Å². The van der Waals surface area contributed by atoms with E-state index < -0.39 is 11.7 Å². The summed E-state index contributed by atoms with van der Waals surface area (Å²) in [6.07, 6.45) is -1.44. The fraction of sp³-hybridized carbons (Fsp3) is 0.417. The largest absolute Gasteiger partial charge is 0.416 e. The number of carbonyl (C=O) groups is 1. The van der Waals surface area contributed by atoms with Gasteiger partial charge >= 0.3 is 6.18 Å². The second-order valence-electron chi connectivity index (χ2n) is 8.42. The number of anilines is 2. The molecule has 0 saturated heterocycles. The Labute approximate surface area is 197 Å². The van der Waals surface area contributed by atoms with Gasteiger partial charge in [-0.3, -0.25) is 9.78 Å². The van der Waals surface area contributed by atoms with Gasteiger partial charge in [-0.1, -0.05) is 18.7 Å². The van der Waals surface area contributed by atoms with Crippen LogP contribution in [0.3, 0.4) is 0 Å². The van der Waals surface area contributed by atoms with Gasteiger partial charge in [0.2, 0.25) is 5.91 Å². The van der Waals surface area contributed by atoms with Crippen LogP contribution >= 0.6 is 0 Å². The number of pyridine rings is 1. The van der Waals surface area contributed by atoms with Gasteiger partial charge < -0.3 is 10.2 Å². The number of hydrogen-bond acceptors (Lipinski definition) is 5. The third-order valence-electron chi connectivity index (χ3n) is 6.05. The molecule has 0 saturated carbocycles. The summed E-state index contributed by atoms with van der Waals surface area (Å²) >= 11 is 0. The van der Waals surface area contributed by atoms with E-state index in [4.69, 9.17) is 0 Å². The first-order valence-electron chi connectivity index (χ1n) is 10.6. The Hall–Kier alpha value is -3.43. The summed E-state index contributed by atoms with van der Waals surface area (Å²) in [5.41, 5.74) is 4.63. The minimum atomic E-state index is -4.38. The molecule has 2 aromatic heterocycles. The number of fused-ring (bicyclic) bond motifs is 1. The molecular weight excluding hydrogens is 445 g/mol. The van der Waals surface area contributed by atoms with Crippen LogP contribution < -0.4 is 10.2 Å². The summed E-state index contributed by atoms with van der Waals surface area (Å²) in [6.45, 7) is 5.69. The minimum absolute atomic E-state index is 0. The van der Waals surface area contributed by atoms with Crippen molar-refractivity contribution in [1.82, 2.24) is 20.0 Å². The Balaban J connectivity index is 0.00000324. The van der Waals surface area contributed by atoms with Crippen molar-refractivity contribution in [3.8, 4) is 0 Å². The van der Waals surface area contributed by atoms with E-state index in [-0.39, 0.29) is 25.9 Å². The molecule has 4 rings (SSSR count). The zero-order chi connectivity index (χ0) is 23.9. The highest BCUT2D eigenvalue weighted by molar-refractivity contribution is 6.03. The monoisotopic (exact) mass is 474 g/mol. The lowest BCUT2D eigenvalue weighted by Gasteiger charge is -2.34. The summed E-state index contributed by atoms with van der Waals surface area (Å²) < 4.78 is 40.7. The Bertz CT molecular complexity index is 1200.